The second-order valence-electron chi connectivity index (χ2n) is 6.17. The van der Waals surface area contributed by atoms with Crippen molar-refractivity contribution >= 4 is 0 Å². The van der Waals surface area contributed by atoms with Crippen molar-refractivity contribution in [3.63, 3.8) is 0 Å². The molecule has 0 aromatic heterocycles. The highest BCUT2D eigenvalue weighted by atomic mass is 16.5. The Morgan fingerprint density at radius 2 is 1.87 bits per heavy atom. The first-order chi connectivity index (χ1) is 7.38. The van der Waals surface area contributed by atoms with Gasteiger partial charge in [-0.25, -0.2) is 0 Å². The van der Waals surface area contributed by atoms with Gasteiger partial charge in [-0.1, -0.05) is 12.2 Å². The molecule has 4 bridgehead atoms. The van der Waals surface area contributed by atoms with Crippen molar-refractivity contribution < 1.29 is 4.74 Å². The largest absolute Gasteiger partial charge is 0.374 e. The Hall–Kier alpha value is -0.300. The van der Waals surface area contributed by atoms with E-state index in [4.69, 9.17) is 4.74 Å². The summed E-state index contributed by atoms with van der Waals surface area (Å²) in [7, 11) is 0. The minimum Gasteiger partial charge on any atom is -0.374 e. The van der Waals surface area contributed by atoms with E-state index in [0.29, 0.717) is 12.2 Å². The number of allylic oxidation sites excluding steroid dienone is 1. The predicted octanol–water partition coefficient (Wildman–Crippen LogP) is 3.16. The average molecular weight is 204 g/mol. The van der Waals surface area contributed by atoms with E-state index in [-0.39, 0.29) is 0 Å². The van der Waals surface area contributed by atoms with Gasteiger partial charge in [0.25, 0.3) is 0 Å². The van der Waals surface area contributed by atoms with Gasteiger partial charge in [-0.3, -0.25) is 0 Å². The fourth-order valence-corrected chi connectivity index (χ4v) is 4.46. The SMILES string of the molecule is C1=CC2CC1CC2OC1CC2CCC1C2. The Labute approximate surface area is 91.9 Å². The first kappa shape index (κ1) is 8.81. The van der Waals surface area contributed by atoms with Crippen LogP contribution in [0.2, 0.25) is 0 Å². The van der Waals surface area contributed by atoms with Gasteiger partial charge in [0.2, 0.25) is 0 Å². The number of fused-ring (bicyclic) bond motifs is 4. The van der Waals surface area contributed by atoms with Crippen molar-refractivity contribution in [2.75, 3.05) is 0 Å². The number of rotatable bonds is 2. The van der Waals surface area contributed by atoms with Crippen LogP contribution in [0.5, 0.6) is 0 Å². The summed E-state index contributed by atoms with van der Waals surface area (Å²) in [6, 6.07) is 0. The molecule has 0 amide bonds. The average Bonchev–Trinajstić information content (AvgIpc) is 2.96. The third kappa shape index (κ3) is 1.32. The molecule has 15 heavy (non-hydrogen) atoms. The van der Waals surface area contributed by atoms with Crippen molar-refractivity contribution in [2.24, 2.45) is 23.7 Å². The molecule has 1 heteroatoms. The zero-order valence-electron chi connectivity index (χ0n) is 9.27. The summed E-state index contributed by atoms with van der Waals surface area (Å²) in [6.45, 7) is 0. The molecule has 0 N–H and O–H groups in total. The Kier molecular flexibility index (Phi) is 1.82. The molecule has 6 atom stereocenters. The molecule has 1 nitrogen and oxygen atoms in total. The number of ether oxygens (including phenoxy) is 1. The van der Waals surface area contributed by atoms with Gasteiger partial charge in [-0.15, -0.1) is 0 Å². The molecule has 3 fully saturated rings. The maximum Gasteiger partial charge on any atom is 0.0647 e. The highest BCUT2D eigenvalue weighted by Gasteiger charge is 2.44. The summed E-state index contributed by atoms with van der Waals surface area (Å²) in [4.78, 5) is 0. The van der Waals surface area contributed by atoms with Crippen LogP contribution < -0.4 is 0 Å². The topological polar surface area (TPSA) is 9.23 Å². The highest BCUT2D eigenvalue weighted by Crippen LogP contribution is 2.49. The van der Waals surface area contributed by atoms with Crippen LogP contribution in [0.15, 0.2) is 12.2 Å². The molecule has 0 aliphatic heterocycles. The van der Waals surface area contributed by atoms with Crippen LogP contribution in [0.3, 0.4) is 0 Å². The fourth-order valence-electron chi connectivity index (χ4n) is 4.46. The smallest absolute Gasteiger partial charge is 0.0647 e. The fraction of sp³-hybridized carbons (Fsp3) is 0.857. The van der Waals surface area contributed by atoms with E-state index in [2.05, 4.69) is 12.2 Å². The minimum atomic E-state index is 0.587. The third-order valence-electron chi connectivity index (χ3n) is 5.24. The highest BCUT2D eigenvalue weighted by molar-refractivity contribution is 5.11. The molecule has 0 heterocycles. The first-order valence-corrected chi connectivity index (χ1v) is 6.72. The van der Waals surface area contributed by atoms with Crippen LogP contribution in [-0.2, 0) is 4.74 Å². The third-order valence-corrected chi connectivity index (χ3v) is 5.24. The van der Waals surface area contributed by atoms with E-state index in [0.717, 1.165) is 23.7 Å². The van der Waals surface area contributed by atoms with Gasteiger partial charge < -0.3 is 4.74 Å². The first-order valence-electron chi connectivity index (χ1n) is 6.72. The summed E-state index contributed by atoms with van der Waals surface area (Å²) in [5.41, 5.74) is 0. The lowest BCUT2D eigenvalue weighted by atomic mass is 9.96. The second kappa shape index (κ2) is 3.10. The van der Waals surface area contributed by atoms with Crippen LogP contribution >= 0.6 is 0 Å². The molecule has 0 radical (unpaired) electrons. The van der Waals surface area contributed by atoms with Crippen molar-refractivity contribution in [3.8, 4) is 0 Å². The summed E-state index contributed by atoms with van der Waals surface area (Å²) in [5, 5.41) is 0. The van der Waals surface area contributed by atoms with E-state index in [1.807, 2.05) is 0 Å². The lowest BCUT2D eigenvalue weighted by molar-refractivity contribution is -0.0498. The summed E-state index contributed by atoms with van der Waals surface area (Å²) in [6.07, 6.45) is 14.5. The second-order valence-corrected chi connectivity index (χ2v) is 6.17. The lowest BCUT2D eigenvalue weighted by Crippen LogP contribution is -2.29. The molecule has 3 saturated carbocycles. The van der Waals surface area contributed by atoms with Gasteiger partial charge >= 0.3 is 0 Å². The molecule has 0 spiro atoms. The number of hydrogen-bond acceptors (Lipinski definition) is 1. The van der Waals surface area contributed by atoms with Crippen LogP contribution in [0, 0.1) is 23.7 Å². The number of hydrogen-bond donors (Lipinski definition) is 0. The van der Waals surface area contributed by atoms with Gasteiger partial charge in [-0.2, -0.15) is 0 Å². The molecule has 0 saturated heterocycles. The quantitative estimate of drug-likeness (QED) is 0.628. The van der Waals surface area contributed by atoms with Gasteiger partial charge in [0.05, 0.1) is 12.2 Å². The Balaban J connectivity index is 1.43. The lowest BCUT2D eigenvalue weighted by Gasteiger charge is -2.28. The van der Waals surface area contributed by atoms with Crippen LogP contribution in [0.25, 0.3) is 0 Å². The van der Waals surface area contributed by atoms with Crippen molar-refractivity contribution in [1.29, 1.82) is 0 Å². The summed E-state index contributed by atoms with van der Waals surface area (Å²) >= 11 is 0. The van der Waals surface area contributed by atoms with Crippen LogP contribution in [0.1, 0.15) is 38.5 Å². The maximum atomic E-state index is 6.39. The molecular weight excluding hydrogens is 184 g/mol. The Morgan fingerprint density at radius 1 is 0.867 bits per heavy atom. The van der Waals surface area contributed by atoms with Crippen molar-refractivity contribution in [1.82, 2.24) is 0 Å². The maximum absolute atomic E-state index is 6.39. The monoisotopic (exact) mass is 204 g/mol. The molecule has 82 valence electrons. The van der Waals surface area contributed by atoms with Gasteiger partial charge in [0.15, 0.2) is 0 Å². The van der Waals surface area contributed by atoms with E-state index >= 15 is 0 Å². The molecule has 4 rings (SSSR count). The molecule has 4 aliphatic carbocycles. The molecule has 6 unspecified atom stereocenters. The van der Waals surface area contributed by atoms with Crippen LogP contribution in [-0.4, -0.2) is 12.2 Å². The summed E-state index contributed by atoms with van der Waals surface area (Å²) < 4.78 is 6.39. The van der Waals surface area contributed by atoms with Gasteiger partial charge in [-0.05, 0) is 56.3 Å². The van der Waals surface area contributed by atoms with Gasteiger partial charge in [0, 0.05) is 5.92 Å². The summed E-state index contributed by atoms with van der Waals surface area (Å²) in [5.74, 6) is 3.58. The van der Waals surface area contributed by atoms with Crippen LogP contribution in [0.4, 0.5) is 0 Å². The molecule has 0 aromatic carbocycles. The van der Waals surface area contributed by atoms with Gasteiger partial charge in [0.1, 0.15) is 0 Å². The molecule has 4 aliphatic rings. The standard InChI is InChI=1S/C14H20O/c1-3-11-5-9(1)7-13(11)15-14-8-10-2-4-12(14)6-10/h1,3,9-14H,2,4-8H2. The molecular formula is C14H20O. The van der Waals surface area contributed by atoms with E-state index in [1.54, 1.807) is 0 Å². The van der Waals surface area contributed by atoms with E-state index in [1.165, 1.54) is 38.5 Å². The minimum absolute atomic E-state index is 0.587. The normalized spacial score (nSPS) is 55.7. The van der Waals surface area contributed by atoms with Crippen molar-refractivity contribution in [3.05, 3.63) is 12.2 Å². The molecule has 0 aromatic rings. The Bertz CT molecular complexity index is 296. The zero-order valence-corrected chi connectivity index (χ0v) is 9.27. The van der Waals surface area contributed by atoms with Crippen molar-refractivity contribution in [2.45, 2.75) is 50.7 Å². The Morgan fingerprint density at radius 3 is 2.47 bits per heavy atom. The zero-order chi connectivity index (χ0) is 9.83. The predicted molar refractivity (Wildman–Crippen MR) is 59.5 cm³/mol. The van der Waals surface area contributed by atoms with E-state index in [9.17, 15) is 0 Å². The van der Waals surface area contributed by atoms with E-state index < -0.39 is 0 Å².